The Hall–Kier alpha value is -3.57. The van der Waals surface area contributed by atoms with Crippen molar-refractivity contribution in [3.05, 3.63) is 70.7 Å². The number of carbonyl (C=O) groups is 1. The van der Waals surface area contributed by atoms with Gasteiger partial charge in [-0.1, -0.05) is 6.07 Å². The van der Waals surface area contributed by atoms with Crippen molar-refractivity contribution in [3.63, 3.8) is 0 Å². The lowest BCUT2D eigenvalue weighted by Gasteiger charge is -2.40. The van der Waals surface area contributed by atoms with Crippen LogP contribution in [-0.2, 0) is 23.0 Å². The number of hydrogen-bond acceptors (Lipinski definition) is 8. The highest BCUT2D eigenvalue weighted by atomic mass is 32.2. The van der Waals surface area contributed by atoms with Crippen molar-refractivity contribution in [1.29, 1.82) is 0 Å². The van der Waals surface area contributed by atoms with Gasteiger partial charge in [0.1, 0.15) is 5.82 Å². The zero-order chi connectivity index (χ0) is 26.9. The highest BCUT2D eigenvalue weighted by Gasteiger charge is 2.30. The number of likely N-dealkylation sites (tertiary alicyclic amines) is 1. The van der Waals surface area contributed by atoms with Crippen molar-refractivity contribution in [1.82, 2.24) is 24.8 Å². The van der Waals surface area contributed by atoms with Gasteiger partial charge in [0.05, 0.1) is 17.5 Å². The number of rotatable bonds is 6. The zero-order valence-electron chi connectivity index (χ0n) is 21.9. The fourth-order valence-corrected chi connectivity index (χ4v) is 5.77. The molecular weight excluding hydrogens is 502 g/mol. The Morgan fingerprint density at radius 3 is 2.39 bits per heavy atom. The Bertz CT molecular complexity index is 1420. The minimum absolute atomic E-state index is 0.0805. The predicted molar refractivity (Wildman–Crippen MR) is 147 cm³/mol. The minimum Gasteiger partial charge on any atom is -0.338 e. The molecule has 1 saturated heterocycles. The van der Waals surface area contributed by atoms with Crippen LogP contribution in [0, 0.1) is 13.8 Å². The van der Waals surface area contributed by atoms with Crippen molar-refractivity contribution in [2.24, 2.45) is 0 Å². The molecule has 0 unspecified atom stereocenters. The molecule has 5 rings (SSSR count). The van der Waals surface area contributed by atoms with Gasteiger partial charge in [-0.2, -0.15) is 0 Å². The molecule has 38 heavy (non-hydrogen) atoms. The first-order valence-electron chi connectivity index (χ1n) is 12.8. The second kappa shape index (κ2) is 10.7. The van der Waals surface area contributed by atoms with E-state index in [1.807, 2.05) is 11.1 Å². The number of aromatic nitrogens is 3. The fourth-order valence-electron chi connectivity index (χ4n) is 5.27. The van der Waals surface area contributed by atoms with Crippen LogP contribution in [0.3, 0.4) is 0 Å². The van der Waals surface area contributed by atoms with E-state index in [2.05, 4.69) is 57.0 Å². The molecule has 200 valence electrons. The highest BCUT2D eigenvalue weighted by molar-refractivity contribution is 7.92. The van der Waals surface area contributed by atoms with E-state index in [1.165, 1.54) is 23.4 Å². The number of pyridine rings is 1. The number of nitrogens with one attached hydrogen (secondary N) is 2. The third kappa shape index (κ3) is 6.28. The van der Waals surface area contributed by atoms with E-state index in [9.17, 15) is 13.2 Å². The molecule has 0 aliphatic carbocycles. The van der Waals surface area contributed by atoms with Crippen LogP contribution < -0.4 is 10.0 Å². The van der Waals surface area contributed by atoms with Gasteiger partial charge in [-0.05, 0) is 62.1 Å². The molecule has 0 saturated carbocycles. The van der Waals surface area contributed by atoms with Crippen molar-refractivity contribution in [2.75, 3.05) is 35.9 Å². The zero-order valence-corrected chi connectivity index (χ0v) is 22.8. The molecule has 11 heteroatoms. The van der Waals surface area contributed by atoms with E-state index >= 15 is 0 Å². The average Bonchev–Trinajstić information content (AvgIpc) is 2.87. The van der Waals surface area contributed by atoms with Crippen LogP contribution in [0.15, 0.2) is 42.7 Å². The van der Waals surface area contributed by atoms with Crippen molar-refractivity contribution < 1.29 is 13.2 Å². The first-order valence-corrected chi connectivity index (χ1v) is 14.7. The number of fused-ring (bicyclic) bond motifs is 1. The maximum atomic E-state index is 13.0. The molecule has 2 aliphatic heterocycles. The first kappa shape index (κ1) is 26.1. The number of carbonyl (C=O) groups excluding carboxylic acids is 1. The van der Waals surface area contributed by atoms with E-state index < -0.39 is 10.0 Å². The number of piperidine rings is 1. The summed E-state index contributed by atoms with van der Waals surface area (Å²) < 4.78 is 25.0. The minimum atomic E-state index is -3.41. The second-order valence-corrected chi connectivity index (χ2v) is 12.0. The number of amides is 1. The number of aryl methyl sites for hydroxylation is 2. The summed E-state index contributed by atoms with van der Waals surface area (Å²) in [4.78, 5) is 30.7. The fraction of sp³-hybridized carbons (Fsp3) is 0.407. The third-order valence-corrected chi connectivity index (χ3v) is 7.59. The van der Waals surface area contributed by atoms with Crippen LogP contribution >= 0.6 is 0 Å². The molecule has 2 N–H and O–H groups in total. The Morgan fingerprint density at radius 2 is 1.74 bits per heavy atom. The van der Waals surface area contributed by atoms with E-state index in [1.54, 1.807) is 6.07 Å². The molecule has 0 bridgehead atoms. The molecule has 2 aromatic heterocycles. The van der Waals surface area contributed by atoms with Gasteiger partial charge in [0.25, 0.3) is 5.91 Å². The van der Waals surface area contributed by atoms with Gasteiger partial charge in [0, 0.05) is 62.3 Å². The van der Waals surface area contributed by atoms with Gasteiger partial charge >= 0.3 is 0 Å². The molecule has 1 amide bonds. The third-order valence-electron chi connectivity index (χ3n) is 7.01. The Morgan fingerprint density at radius 1 is 1.00 bits per heavy atom. The maximum Gasteiger partial charge on any atom is 0.255 e. The topological polar surface area (TPSA) is 120 Å². The SMILES string of the molecule is Cc1cc(C)cc(Nc2ncc3c(n2)CCN(C2CCN(C(=O)c4ccc(NS(C)(=O)=O)nc4)CC2)C3)c1. The largest absolute Gasteiger partial charge is 0.338 e. The predicted octanol–water partition coefficient (Wildman–Crippen LogP) is 3.27. The molecule has 0 atom stereocenters. The maximum absolute atomic E-state index is 13.0. The lowest BCUT2D eigenvalue weighted by molar-refractivity contribution is 0.0598. The number of anilines is 3. The van der Waals surface area contributed by atoms with Crippen LogP contribution in [0.4, 0.5) is 17.5 Å². The van der Waals surface area contributed by atoms with Gasteiger partial charge in [0.2, 0.25) is 16.0 Å². The Kier molecular flexibility index (Phi) is 7.31. The van der Waals surface area contributed by atoms with Crippen molar-refractivity contribution >= 4 is 33.4 Å². The average molecular weight is 536 g/mol. The lowest BCUT2D eigenvalue weighted by atomic mass is 9.98. The van der Waals surface area contributed by atoms with Crippen LogP contribution in [0.2, 0.25) is 0 Å². The van der Waals surface area contributed by atoms with Crippen LogP contribution in [0.5, 0.6) is 0 Å². The summed E-state index contributed by atoms with van der Waals surface area (Å²) in [5.41, 5.74) is 6.11. The lowest BCUT2D eigenvalue weighted by Crippen LogP contribution is -2.48. The van der Waals surface area contributed by atoms with Crippen molar-refractivity contribution in [3.8, 4) is 0 Å². The summed E-state index contributed by atoms with van der Waals surface area (Å²) in [5, 5.41) is 3.34. The second-order valence-electron chi connectivity index (χ2n) is 10.2. The van der Waals surface area contributed by atoms with Crippen LogP contribution in [-0.4, -0.2) is 71.0 Å². The monoisotopic (exact) mass is 535 g/mol. The molecule has 1 fully saturated rings. The summed E-state index contributed by atoms with van der Waals surface area (Å²) in [6.45, 7) is 7.26. The number of nitrogens with zero attached hydrogens (tertiary/aromatic N) is 5. The highest BCUT2D eigenvalue weighted by Crippen LogP contribution is 2.26. The molecular formula is C27H33N7O3S. The van der Waals surface area contributed by atoms with Gasteiger partial charge in [-0.25, -0.2) is 23.4 Å². The molecule has 4 heterocycles. The number of sulfonamides is 1. The van der Waals surface area contributed by atoms with Crippen molar-refractivity contribution in [2.45, 2.75) is 45.7 Å². The first-order chi connectivity index (χ1) is 18.1. The molecule has 10 nitrogen and oxygen atoms in total. The molecule has 3 aromatic rings. The molecule has 0 spiro atoms. The number of benzene rings is 1. The normalized spacial score (nSPS) is 16.7. The molecule has 2 aliphatic rings. The van der Waals surface area contributed by atoms with Crippen LogP contribution in [0.1, 0.15) is 45.6 Å². The standard InChI is InChI=1S/C27H33N7O3S/c1-18-12-19(2)14-22(13-18)30-27-29-16-21-17-34(11-8-24(21)31-27)23-6-9-33(10-7-23)26(35)20-4-5-25(28-15-20)32-38(3,36)37/h4-5,12-16,23H,6-11,17H2,1-3H3,(H,28,32)(H,29,30,31). The van der Waals surface area contributed by atoms with E-state index in [0.717, 1.165) is 55.6 Å². The van der Waals surface area contributed by atoms with Gasteiger partial charge in [-0.15, -0.1) is 0 Å². The number of hydrogen-bond donors (Lipinski definition) is 2. The van der Waals surface area contributed by atoms with E-state index in [4.69, 9.17) is 4.98 Å². The molecule has 1 aromatic carbocycles. The van der Waals surface area contributed by atoms with E-state index in [-0.39, 0.29) is 11.7 Å². The van der Waals surface area contributed by atoms with Crippen LogP contribution in [0.25, 0.3) is 0 Å². The summed E-state index contributed by atoms with van der Waals surface area (Å²) in [5.74, 6) is 0.747. The summed E-state index contributed by atoms with van der Waals surface area (Å²) >= 11 is 0. The van der Waals surface area contributed by atoms with Gasteiger partial charge in [0.15, 0.2) is 0 Å². The van der Waals surface area contributed by atoms with Gasteiger partial charge in [-0.3, -0.25) is 14.4 Å². The smallest absolute Gasteiger partial charge is 0.255 e. The van der Waals surface area contributed by atoms with E-state index in [0.29, 0.717) is 30.6 Å². The summed E-state index contributed by atoms with van der Waals surface area (Å²) in [6, 6.07) is 9.85. The van der Waals surface area contributed by atoms with Gasteiger partial charge < -0.3 is 10.2 Å². The molecule has 0 radical (unpaired) electrons. The summed E-state index contributed by atoms with van der Waals surface area (Å²) in [7, 11) is -3.41. The summed E-state index contributed by atoms with van der Waals surface area (Å²) in [6.07, 6.45) is 7.09. The Labute approximate surface area is 223 Å². The Balaban J connectivity index is 1.15. The quantitative estimate of drug-likeness (QED) is 0.494.